The highest BCUT2D eigenvalue weighted by Crippen LogP contribution is 2.23. The van der Waals surface area contributed by atoms with Gasteiger partial charge in [-0.3, -0.25) is 14.6 Å². The zero-order chi connectivity index (χ0) is 20.4. The average Bonchev–Trinajstić information content (AvgIpc) is 2.76. The normalized spacial score (nSPS) is 10.8. The lowest BCUT2D eigenvalue weighted by atomic mass is 10.1. The maximum absolute atomic E-state index is 12.9. The summed E-state index contributed by atoms with van der Waals surface area (Å²) in [7, 11) is 3.43. The van der Waals surface area contributed by atoms with Gasteiger partial charge in [0.15, 0.2) is 0 Å². The smallest absolute Gasteiger partial charge is 0.276 e. The van der Waals surface area contributed by atoms with Crippen LogP contribution in [-0.2, 0) is 6.54 Å². The Morgan fingerprint density at radius 2 is 1.69 bits per heavy atom. The van der Waals surface area contributed by atoms with E-state index >= 15 is 0 Å². The molecule has 1 amide bonds. The lowest BCUT2D eigenvalue weighted by molar-refractivity contribution is 0.0827. The number of carbonyl (C=O) groups excluding carboxylic acids is 1. The fraction of sp³-hybridized carbons (Fsp3) is 0.130. The molecule has 0 saturated heterocycles. The fourth-order valence-electron chi connectivity index (χ4n) is 3.21. The van der Waals surface area contributed by atoms with Crippen LogP contribution in [0.3, 0.4) is 0 Å². The van der Waals surface area contributed by atoms with Gasteiger partial charge in [0, 0.05) is 31.4 Å². The Morgan fingerprint density at radius 1 is 0.966 bits per heavy atom. The van der Waals surface area contributed by atoms with Gasteiger partial charge in [0.05, 0.1) is 11.9 Å². The first-order valence-electron chi connectivity index (χ1n) is 9.26. The molecule has 0 fully saturated rings. The van der Waals surface area contributed by atoms with Gasteiger partial charge in [0.25, 0.3) is 11.5 Å². The van der Waals surface area contributed by atoms with Crippen molar-refractivity contribution in [3.63, 3.8) is 0 Å². The van der Waals surface area contributed by atoms with Crippen LogP contribution >= 0.6 is 0 Å². The molecule has 6 heteroatoms. The Labute approximate surface area is 168 Å². The van der Waals surface area contributed by atoms with Gasteiger partial charge in [-0.2, -0.15) is 5.10 Å². The van der Waals surface area contributed by atoms with Crippen LogP contribution < -0.4 is 5.56 Å². The quantitative estimate of drug-likeness (QED) is 0.542. The van der Waals surface area contributed by atoms with Crippen molar-refractivity contribution in [2.24, 2.45) is 0 Å². The summed E-state index contributed by atoms with van der Waals surface area (Å²) in [5.41, 5.74) is 3.36. The lowest BCUT2D eigenvalue weighted by Crippen LogP contribution is -2.24. The second kappa shape index (κ2) is 7.67. The van der Waals surface area contributed by atoms with Crippen molar-refractivity contribution in [3.8, 4) is 11.3 Å². The molecule has 2 heterocycles. The third kappa shape index (κ3) is 3.65. The van der Waals surface area contributed by atoms with E-state index < -0.39 is 0 Å². The van der Waals surface area contributed by atoms with Gasteiger partial charge < -0.3 is 4.90 Å². The number of carbonyl (C=O) groups is 1. The molecule has 0 N–H and O–H groups in total. The number of rotatable bonds is 4. The highest BCUT2D eigenvalue weighted by atomic mass is 16.2. The van der Waals surface area contributed by atoms with E-state index in [0.717, 1.165) is 11.1 Å². The first-order valence-corrected chi connectivity index (χ1v) is 9.26. The van der Waals surface area contributed by atoms with E-state index in [1.165, 1.54) is 9.58 Å². The van der Waals surface area contributed by atoms with Crippen molar-refractivity contribution in [2.45, 2.75) is 6.54 Å². The molecule has 0 aliphatic heterocycles. The molecule has 0 atom stereocenters. The van der Waals surface area contributed by atoms with Gasteiger partial charge in [-0.1, -0.05) is 42.5 Å². The van der Waals surface area contributed by atoms with Crippen molar-refractivity contribution in [2.75, 3.05) is 14.1 Å². The molecule has 0 saturated carbocycles. The lowest BCUT2D eigenvalue weighted by Gasteiger charge is -2.12. The van der Waals surface area contributed by atoms with Crippen molar-refractivity contribution in [1.82, 2.24) is 19.7 Å². The van der Waals surface area contributed by atoms with E-state index in [1.807, 2.05) is 42.5 Å². The van der Waals surface area contributed by atoms with E-state index in [4.69, 9.17) is 0 Å². The number of nitrogens with zero attached hydrogens (tertiary/aromatic N) is 4. The number of amides is 1. The summed E-state index contributed by atoms with van der Waals surface area (Å²) in [5.74, 6) is -0.0680. The topological polar surface area (TPSA) is 68.1 Å². The van der Waals surface area contributed by atoms with E-state index in [9.17, 15) is 9.59 Å². The van der Waals surface area contributed by atoms with E-state index in [0.29, 0.717) is 28.7 Å². The molecule has 0 radical (unpaired) electrons. The first-order chi connectivity index (χ1) is 14.0. The average molecular weight is 384 g/mol. The molecule has 0 bridgehead atoms. The van der Waals surface area contributed by atoms with Gasteiger partial charge in [0.2, 0.25) is 0 Å². The summed E-state index contributed by atoms with van der Waals surface area (Å²) in [4.78, 5) is 31.0. The molecule has 0 unspecified atom stereocenters. The summed E-state index contributed by atoms with van der Waals surface area (Å²) in [6, 6.07) is 20.4. The Hall–Kier alpha value is -3.80. The Bertz CT molecular complexity index is 1230. The zero-order valence-corrected chi connectivity index (χ0v) is 16.2. The second-order valence-corrected chi connectivity index (χ2v) is 6.97. The predicted molar refractivity (Wildman–Crippen MR) is 113 cm³/mol. The molecule has 4 aromatic rings. The molecule has 4 rings (SSSR count). The molecule has 2 aromatic heterocycles. The maximum atomic E-state index is 12.9. The van der Waals surface area contributed by atoms with Crippen LogP contribution in [0.15, 0.2) is 77.7 Å². The van der Waals surface area contributed by atoms with Crippen molar-refractivity contribution in [3.05, 3.63) is 94.4 Å². The number of hydrogen-bond acceptors (Lipinski definition) is 4. The van der Waals surface area contributed by atoms with Gasteiger partial charge in [-0.25, -0.2) is 4.68 Å². The number of hydrogen-bond donors (Lipinski definition) is 0. The van der Waals surface area contributed by atoms with E-state index in [1.54, 1.807) is 44.6 Å². The molecular formula is C23H20N4O2. The molecule has 0 aliphatic carbocycles. The molecule has 6 nitrogen and oxygen atoms in total. The number of pyridine rings is 1. The second-order valence-electron chi connectivity index (χ2n) is 6.97. The number of fused-ring (bicyclic) bond motifs is 1. The standard InChI is InChI=1S/C23H20N4O2/c1-26(2)22(28)18-12-10-17(11-13-18)20-21-19(9-6-14-24-21)23(29)27(25-20)15-16-7-4-3-5-8-16/h3-14H,15H2,1-2H3. The Balaban J connectivity index is 1.84. The summed E-state index contributed by atoms with van der Waals surface area (Å²) in [6.45, 7) is 0.370. The van der Waals surface area contributed by atoms with Crippen LogP contribution in [0.4, 0.5) is 0 Å². The third-order valence-electron chi connectivity index (χ3n) is 4.70. The molecule has 29 heavy (non-hydrogen) atoms. The molecule has 2 aromatic carbocycles. The van der Waals surface area contributed by atoms with Gasteiger partial charge >= 0.3 is 0 Å². The van der Waals surface area contributed by atoms with Crippen LogP contribution in [0.1, 0.15) is 15.9 Å². The van der Waals surface area contributed by atoms with Gasteiger partial charge in [0.1, 0.15) is 11.2 Å². The SMILES string of the molecule is CN(C)C(=O)c1ccc(-c2nn(Cc3ccccc3)c(=O)c3cccnc23)cc1. The maximum Gasteiger partial charge on any atom is 0.276 e. The highest BCUT2D eigenvalue weighted by Gasteiger charge is 2.15. The summed E-state index contributed by atoms with van der Waals surface area (Å²) in [5, 5.41) is 5.14. The molecule has 0 spiro atoms. The highest BCUT2D eigenvalue weighted by molar-refractivity contribution is 5.95. The van der Waals surface area contributed by atoms with Crippen LogP contribution in [0, 0.1) is 0 Å². The van der Waals surface area contributed by atoms with Crippen molar-refractivity contribution < 1.29 is 4.79 Å². The minimum atomic E-state index is -0.180. The summed E-state index contributed by atoms with van der Waals surface area (Å²) in [6.07, 6.45) is 1.65. The third-order valence-corrected chi connectivity index (χ3v) is 4.70. The first kappa shape index (κ1) is 18.6. The number of aromatic nitrogens is 3. The molecule has 0 aliphatic rings. The van der Waals surface area contributed by atoms with Gasteiger partial charge in [-0.05, 0) is 29.8 Å². The summed E-state index contributed by atoms with van der Waals surface area (Å²) < 4.78 is 1.47. The fourth-order valence-corrected chi connectivity index (χ4v) is 3.21. The van der Waals surface area contributed by atoms with Crippen molar-refractivity contribution in [1.29, 1.82) is 0 Å². The molecular weight excluding hydrogens is 364 g/mol. The van der Waals surface area contributed by atoms with Crippen molar-refractivity contribution >= 4 is 16.8 Å². The van der Waals surface area contributed by atoms with Crippen LogP contribution in [0.2, 0.25) is 0 Å². The van der Waals surface area contributed by atoms with E-state index in [-0.39, 0.29) is 11.5 Å². The predicted octanol–water partition coefficient (Wildman–Crippen LogP) is 3.21. The minimum absolute atomic E-state index is 0.0680. The largest absolute Gasteiger partial charge is 0.345 e. The zero-order valence-electron chi connectivity index (χ0n) is 16.2. The minimum Gasteiger partial charge on any atom is -0.345 e. The molecule has 144 valence electrons. The monoisotopic (exact) mass is 384 g/mol. The summed E-state index contributed by atoms with van der Waals surface area (Å²) >= 11 is 0. The Kier molecular flexibility index (Phi) is 4.91. The Morgan fingerprint density at radius 3 is 2.38 bits per heavy atom. The van der Waals surface area contributed by atoms with Gasteiger partial charge in [-0.15, -0.1) is 0 Å². The number of benzene rings is 2. The van der Waals surface area contributed by atoms with E-state index in [2.05, 4.69) is 10.1 Å². The van der Waals surface area contributed by atoms with Crippen LogP contribution in [0.5, 0.6) is 0 Å². The van der Waals surface area contributed by atoms with Crippen LogP contribution in [-0.4, -0.2) is 39.7 Å². The van der Waals surface area contributed by atoms with Crippen LogP contribution in [0.25, 0.3) is 22.2 Å².